The minimum absolute atomic E-state index is 0.0356. The number of rotatable bonds is 5. The van der Waals surface area contributed by atoms with Crippen molar-refractivity contribution in [1.82, 2.24) is 5.43 Å². The molecule has 0 aliphatic heterocycles. The van der Waals surface area contributed by atoms with E-state index in [1.165, 1.54) is 7.11 Å². The smallest absolute Gasteiger partial charge is 0.274 e. The number of benzene rings is 2. The van der Waals surface area contributed by atoms with Crippen molar-refractivity contribution >= 4 is 33.7 Å². The Kier molecular flexibility index (Phi) is 5.48. The average molecular weight is 394 g/mol. The summed E-state index contributed by atoms with van der Waals surface area (Å²) in [7, 11) is 1.27. The largest absolute Gasteiger partial charge is 0.504 e. The fourth-order valence-electron chi connectivity index (χ4n) is 1.84. The zero-order valence-corrected chi connectivity index (χ0v) is 14.0. The third-order valence-corrected chi connectivity index (χ3v) is 3.70. The fraction of sp³-hybridized carbons (Fsp3) is 0.0667. The summed E-state index contributed by atoms with van der Waals surface area (Å²) >= 11 is 3.25. The van der Waals surface area contributed by atoms with Gasteiger partial charge in [0, 0.05) is 16.1 Å². The summed E-state index contributed by atoms with van der Waals surface area (Å²) in [6.45, 7) is 0. The maximum Gasteiger partial charge on any atom is 0.274 e. The van der Waals surface area contributed by atoms with Crippen molar-refractivity contribution in [2.75, 3.05) is 7.11 Å². The highest BCUT2D eigenvalue weighted by atomic mass is 79.9. The molecule has 0 radical (unpaired) electrons. The summed E-state index contributed by atoms with van der Waals surface area (Å²) in [4.78, 5) is 22.2. The van der Waals surface area contributed by atoms with Crippen molar-refractivity contribution in [2.45, 2.75) is 0 Å². The number of nitrogens with one attached hydrogen (secondary N) is 1. The molecule has 8 nitrogen and oxygen atoms in total. The second-order valence-electron chi connectivity index (χ2n) is 4.52. The normalized spacial score (nSPS) is 10.6. The van der Waals surface area contributed by atoms with Crippen LogP contribution in [-0.2, 0) is 0 Å². The molecule has 0 aromatic heterocycles. The van der Waals surface area contributed by atoms with Gasteiger partial charge in [0.2, 0.25) is 0 Å². The minimum Gasteiger partial charge on any atom is -0.504 e. The number of nitrogens with zero attached hydrogens (tertiary/aromatic N) is 2. The minimum atomic E-state index is -0.626. The molecule has 0 saturated heterocycles. The Labute approximate surface area is 145 Å². The van der Waals surface area contributed by atoms with Crippen LogP contribution in [0.5, 0.6) is 11.5 Å². The first kappa shape index (κ1) is 17.4. The van der Waals surface area contributed by atoms with E-state index in [4.69, 9.17) is 4.74 Å². The van der Waals surface area contributed by atoms with Gasteiger partial charge in [0.25, 0.3) is 11.6 Å². The first-order valence-corrected chi connectivity index (χ1v) is 7.36. The molecule has 0 aliphatic carbocycles. The van der Waals surface area contributed by atoms with E-state index >= 15 is 0 Å². The zero-order valence-electron chi connectivity index (χ0n) is 12.4. The average Bonchev–Trinajstić information content (AvgIpc) is 2.56. The summed E-state index contributed by atoms with van der Waals surface area (Å²) in [6, 6.07) is 8.97. The van der Waals surface area contributed by atoms with Crippen LogP contribution in [0.15, 0.2) is 46.0 Å². The van der Waals surface area contributed by atoms with Gasteiger partial charge in [0.05, 0.1) is 29.9 Å². The van der Waals surface area contributed by atoms with E-state index in [1.54, 1.807) is 24.3 Å². The van der Waals surface area contributed by atoms with E-state index in [0.29, 0.717) is 10.0 Å². The van der Waals surface area contributed by atoms with Gasteiger partial charge in [-0.25, -0.2) is 5.43 Å². The van der Waals surface area contributed by atoms with Crippen molar-refractivity contribution in [3.63, 3.8) is 0 Å². The number of carbonyl (C=O) groups excluding carboxylic acids is 1. The molecule has 2 N–H and O–H groups in total. The molecule has 0 atom stereocenters. The number of amides is 1. The monoisotopic (exact) mass is 393 g/mol. The Morgan fingerprint density at radius 3 is 2.75 bits per heavy atom. The molecule has 2 aromatic rings. The molecule has 0 aliphatic rings. The van der Waals surface area contributed by atoms with Crippen LogP contribution in [0.25, 0.3) is 0 Å². The zero-order chi connectivity index (χ0) is 17.7. The van der Waals surface area contributed by atoms with Crippen LogP contribution in [0.3, 0.4) is 0 Å². The van der Waals surface area contributed by atoms with Crippen molar-refractivity contribution in [3.8, 4) is 11.5 Å². The molecule has 0 saturated carbocycles. The molecule has 0 unspecified atom stereocenters. The maximum absolute atomic E-state index is 12.0. The molecule has 0 fully saturated rings. The predicted octanol–water partition coefficient (Wildman–Crippen LogP) is 2.84. The van der Waals surface area contributed by atoms with Crippen LogP contribution in [-0.4, -0.2) is 29.3 Å². The van der Waals surface area contributed by atoms with Gasteiger partial charge >= 0.3 is 0 Å². The van der Waals surface area contributed by atoms with Crippen molar-refractivity contribution in [3.05, 3.63) is 62.1 Å². The van der Waals surface area contributed by atoms with E-state index in [-0.39, 0.29) is 22.7 Å². The van der Waals surface area contributed by atoms with Gasteiger partial charge < -0.3 is 9.84 Å². The summed E-state index contributed by atoms with van der Waals surface area (Å²) in [5.74, 6) is -0.861. The Morgan fingerprint density at radius 1 is 1.42 bits per heavy atom. The Morgan fingerprint density at radius 2 is 2.12 bits per heavy atom. The molecule has 0 heterocycles. The third kappa shape index (κ3) is 3.87. The van der Waals surface area contributed by atoms with Crippen LogP contribution in [0.1, 0.15) is 15.9 Å². The van der Waals surface area contributed by atoms with Crippen molar-refractivity contribution in [2.24, 2.45) is 5.10 Å². The van der Waals surface area contributed by atoms with E-state index in [1.807, 2.05) is 0 Å². The van der Waals surface area contributed by atoms with E-state index < -0.39 is 10.8 Å². The lowest BCUT2D eigenvalue weighted by atomic mass is 10.2. The van der Waals surface area contributed by atoms with Gasteiger partial charge in [-0.2, -0.15) is 5.10 Å². The predicted molar refractivity (Wildman–Crippen MR) is 90.5 cm³/mol. The van der Waals surface area contributed by atoms with Gasteiger partial charge in [0.1, 0.15) is 0 Å². The highest BCUT2D eigenvalue weighted by Gasteiger charge is 2.16. The van der Waals surface area contributed by atoms with Crippen LogP contribution >= 0.6 is 15.9 Å². The number of carbonyl (C=O) groups is 1. The summed E-state index contributed by atoms with van der Waals surface area (Å²) in [5.41, 5.74) is 2.41. The SMILES string of the molecule is COc1cc([N+](=O)[O-])cc(/C=N/NC(=O)c2ccccc2Br)c1O. The number of nitro groups is 1. The lowest BCUT2D eigenvalue weighted by molar-refractivity contribution is -0.385. The maximum atomic E-state index is 12.0. The number of nitro benzene ring substituents is 1. The highest BCUT2D eigenvalue weighted by molar-refractivity contribution is 9.10. The van der Waals surface area contributed by atoms with Gasteiger partial charge in [-0.05, 0) is 28.1 Å². The second kappa shape index (κ2) is 7.55. The molecule has 9 heteroatoms. The van der Waals surface area contributed by atoms with Gasteiger partial charge in [-0.15, -0.1) is 0 Å². The topological polar surface area (TPSA) is 114 Å². The number of methoxy groups -OCH3 is 1. The molecule has 124 valence electrons. The Hall–Kier alpha value is -2.94. The van der Waals surface area contributed by atoms with Crippen LogP contribution < -0.4 is 10.2 Å². The molecule has 24 heavy (non-hydrogen) atoms. The second-order valence-corrected chi connectivity index (χ2v) is 5.38. The van der Waals surface area contributed by atoms with Gasteiger partial charge in [0.15, 0.2) is 11.5 Å². The molecule has 2 rings (SSSR count). The van der Waals surface area contributed by atoms with Gasteiger partial charge in [-0.1, -0.05) is 12.1 Å². The number of hydrogen-bond acceptors (Lipinski definition) is 6. The first-order chi connectivity index (χ1) is 11.4. The number of halogens is 1. The van der Waals surface area contributed by atoms with Crippen molar-refractivity contribution < 1.29 is 19.6 Å². The summed E-state index contributed by atoms with van der Waals surface area (Å²) in [6.07, 6.45) is 1.10. The number of phenolic OH excluding ortho intramolecular Hbond substituents is 1. The van der Waals surface area contributed by atoms with E-state index in [9.17, 15) is 20.0 Å². The molecule has 2 aromatic carbocycles. The molecule has 0 spiro atoms. The van der Waals surface area contributed by atoms with Gasteiger partial charge in [-0.3, -0.25) is 14.9 Å². The molecule has 1 amide bonds. The molecule has 0 bridgehead atoms. The number of aromatic hydroxyl groups is 1. The lowest BCUT2D eigenvalue weighted by Gasteiger charge is -2.06. The first-order valence-electron chi connectivity index (χ1n) is 6.57. The van der Waals surface area contributed by atoms with Crippen molar-refractivity contribution in [1.29, 1.82) is 0 Å². The lowest BCUT2D eigenvalue weighted by Crippen LogP contribution is -2.18. The van der Waals surface area contributed by atoms with Crippen LogP contribution in [0.2, 0.25) is 0 Å². The Bertz CT molecular complexity index is 823. The molecular formula is C15H12BrN3O5. The Balaban J connectivity index is 2.23. The number of hydrazone groups is 1. The van der Waals surface area contributed by atoms with Crippen LogP contribution in [0.4, 0.5) is 5.69 Å². The fourth-order valence-corrected chi connectivity index (χ4v) is 2.30. The number of phenols is 1. The number of ether oxygens (including phenoxy) is 1. The number of non-ortho nitro benzene ring substituents is 1. The summed E-state index contributed by atoms with van der Waals surface area (Å²) < 4.78 is 5.47. The van der Waals surface area contributed by atoms with E-state index in [2.05, 4.69) is 26.5 Å². The number of hydrogen-bond donors (Lipinski definition) is 2. The standard InChI is InChI=1S/C15H12BrN3O5/c1-24-13-7-10(19(22)23)6-9(14(13)20)8-17-18-15(21)11-4-2-3-5-12(11)16/h2-8,20H,1H3,(H,18,21)/b17-8+. The quantitative estimate of drug-likeness (QED) is 0.460. The molecular weight excluding hydrogens is 382 g/mol. The highest BCUT2D eigenvalue weighted by Crippen LogP contribution is 2.33. The van der Waals surface area contributed by atoms with E-state index in [0.717, 1.165) is 18.3 Å². The third-order valence-electron chi connectivity index (χ3n) is 3.01. The summed E-state index contributed by atoms with van der Waals surface area (Å²) in [5, 5.41) is 24.6. The van der Waals surface area contributed by atoms with Crippen LogP contribution in [0, 0.1) is 10.1 Å².